The third-order valence-electron chi connectivity index (χ3n) is 4.22. The molecule has 1 heterocycles. The van der Waals surface area contributed by atoms with Gasteiger partial charge in [-0.25, -0.2) is 0 Å². The van der Waals surface area contributed by atoms with E-state index in [9.17, 15) is 0 Å². The highest BCUT2D eigenvalue weighted by Gasteiger charge is 2.23. The van der Waals surface area contributed by atoms with Crippen molar-refractivity contribution in [1.82, 2.24) is 0 Å². The molecule has 0 nitrogen and oxygen atoms in total. The van der Waals surface area contributed by atoms with Gasteiger partial charge in [-0.2, -0.15) is 0 Å². The van der Waals surface area contributed by atoms with E-state index < -0.39 is 0 Å². The third-order valence-corrected chi connectivity index (χ3v) is 5.11. The van der Waals surface area contributed by atoms with Crippen LogP contribution in [0, 0.1) is 0 Å². The minimum Gasteiger partial charge on any atom is -0.144 e. The molecule has 0 fully saturated rings. The number of thiophene rings is 1. The van der Waals surface area contributed by atoms with Gasteiger partial charge in [-0.1, -0.05) is 49.4 Å². The van der Waals surface area contributed by atoms with Crippen LogP contribution in [0.4, 0.5) is 0 Å². The molecule has 0 saturated carbocycles. The first-order valence-electron chi connectivity index (χ1n) is 7.15. The van der Waals surface area contributed by atoms with Gasteiger partial charge in [0, 0.05) is 4.88 Å². The van der Waals surface area contributed by atoms with Crippen molar-refractivity contribution < 1.29 is 0 Å². The Kier molecular flexibility index (Phi) is 2.75. The predicted octanol–water partition coefficient (Wildman–Crippen LogP) is 5.55. The lowest BCUT2D eigenvalue weighted by atomic mass is 9.94. The second kappa shape index (κ2) is 4.60. The second-order valence-corrected chi connectivity index (χ2v) is 6.24. The molecule has 0 spiro atoms. The molecule has 1 aromatic heterocycles. The Balaban J connectivity index is 2.01. The summed E-state index contributed by atoms with van der Waals surface area (Å²) in [5, 5.41) is 2.18. The normalized spacial score (nSPS) is 12.2. The van der Waals surface area contributed by atoms with Gasteiger partial charge in [0.1, 0.15) is 0 Å². The van der Waals surface area contributed by atoms with Gasteiger partial charge in [0.25, 0.3) is 0 Å². The van der Waals surface area contributed by atoms with Gasteiger partial charge >= 0.3 is 0 Å². The minimum atomic E-state index is 1.08. The van der Waals surface area contributed by atoms with E-state index in [1.165, 1.54) is 38.3 Å². The first kappa shape index (κ1) is 11.9. The van der Waals surface area contributed by atoms with Crippen molar-refractivity contribution in [2.24, 2.45) is 0 Å². The number of benzene rings is 2. The molecule has 1 heteroatoms. The standard InChI is InChI=1S/C19H16S/c1-2-13-9-10-16-15-7-4-3-6-14(15)12-17(16)19(13)18-8-5-11-20-18/h3-11H,2,12H2,1H3. The number of fused-ring (bicyclic) bond motifs is 3. The quantitative estimate of drug-likeness (QED) is 0.450. The zero-order valence-corrected chi connectivity index (χ0v) is 12.3. The van der Waals surface area contributed by atoms with E-state index >= 15 is 0 Å². The van der Waals surface area contributed by atoms with E-state index in [1.54, 1.807) is 0 Å². The highest BCUT2D eigenvalue weighted by atomic mass is 32.1. The van der Waals surface area contributed by atoms with Crippen LogP contribution in [-0.2, 0) is 12.8 Å². The SMILES string of the molecule is CCc1ccc2c(c1-c1cccs1)Cc1ccccc1-2. The van der Waals surface area contributed by atoms with Gasteiger partial charge in [-0.05, 0) is 57.7 Å². The Hall–Kier alpha value is -1.86. The van der Waals surface area contributed by atoms with Crippen LogP contribution >= 0.6 is 11.3 Å². The third kappa shape index (κ3) is 1.66. The molecule has 0 saturated heterocycles. The van der Waals surface area contributed by atoms with Crippen LogP contribution < -0.4 is 0 Å². The Morgan fingerprint density at radius 1 is 0.950 bits per heavy atom. The van der Waals surface area contributed by atoms with Crippen molar-refractivity contribution in [2.75, 3.05) is 0 Å². The van der Waals surface area contributed by atoms with E-state index in [1.807, 2.05) is 11.3 Å². The highest BCUT2D eigenvalue weighted by molar-refractivity contribution is 7.13. The van der Waals surface area contributed by atoms with Crippen molar-refractivity contribution in [2.45, 2.75) is 19.8 Å². The van der Waals surface area contributed by atoms with Crippen LogP contribution in [0.25, 0.3) is 21.6 Å². The molecule has 0 aliphatic heterocycles. The van der Waals surface area contributed by atoms with Crippen molar-refractivity contribution in [3.63, 3.8) is 0 Å². The van der Waals surface area contributed by atoms with E-state index in [0.717, 1.165) is 12.8 Å². The van der Waals surface area contributed by atoms with E-state index in [2.05, 4.69) is 60.8 Å². The van der Waals surface area contributed by atoms with Crippen molar-refractivity contribution >= 4 is 11.3 Å². The molecular formula is C19H16S. The first-order valence-corrected chi connectivity index (χ1v) is 8.03. The number of hydrogen-bond acceptors (Lipinski definition) is 1. The predicted molar refractivity (Wildman–Crippen MR) is 87.4 cm³/mol. The summed E-state index contributed by atoms with van der Waals surface area (Å²) in [5.74, 6) is 0. The van der Waals surface area contributed by atoms with Crippen molar-refractivity contribution in [1.29, 1.82) is 0 Å². The molecule has 2 aromatic carbocycles. The van der Waals surface area contributed by atoms with Gasteiger partial charge < -0.3 is 0 Å². The summed E-state index contributed by atoms with van der Waals surface area (Å²) >= 11 is 1.85. The lowest BCUT2D eigenvalue weighted by Crippen LogP contribution is -1.93. The maximum Gasteiger partial charge on any atom is 0.0348 e. The van der Waals surface area contributed by atoms with Gasteiger partial charge in [-0.15, -0.1) is 11.3 Å². The maximum absolute atomic E-state index is 2.32. The molecule has 0 radical (unpaired) electrons. The fourth-order valence-electron chi connectivity index (χ4n) is 3.28. The lowest BCUT2D eigenvalue weighted by molar-refractivity contribution is 1.13. The lowest BCUT2D eigenvalue weighted by Gasteiger charge is -2.12. The molecule has 98 valence electrons. The topological polar surface area (TPSA) is 0 Å². The molecule has 0 N–H and O–H groups in total. The molecular weight excluding hydrogens is 260 g/mol. The Labute approximate surface area is 123 Å². The van der Waals surface area contributed by atoms with E-state index in [-0.39, 0.29) is 0 Å². The van der Waals surface area contributed by atoms with Crippen LogP contribution in [-0.4, -0.2) is 0 Å². The smallest absolute Gasteiger partial charge is 0.0348 e. The number of rotatable bonds is 2. The summed E-state index contributed by atoms with van der Waals surface area (Å²) < 4.78 is 0. The summed E-state index contributed by atoms with van der Waals surface area (Å²) in [6.45, 7) is 2.25. The Morgan fingerprint density at radius 3 is 2.65 bits per heavy atom. The highest BCUT2D eigenvalue weighted by Crippen LogP contribution is 2.44. The van der Waals surface area contributed by atoms with Crippen LogP contribution in [0.3, 0.4) is 0 Å². The van der Waals surface area contributed by atoms with Crippen molar-refractivity contribution in [3.05, 3.63) is 70.6 Å². The molecule has 0 bridgehead atoms. The summed E-state index contributed by atoms with van der Waals surface area (Å²) in [7, 11) is 0. The molecule has 0 amide bonds. The fraction of sp³-hybridized carbons (Fsp3) is 0.158. The summed E-state index contributed by atoms with van der Waals surface area (Å²) in [6, 6.07) is 17.9. The van der Waals surface area contributed by atoms with Gasteiger partial charge in [-0.3, -0.25) is 0 Å². The van der Waals surface area contributed by atoms with Crippen LogP contribution in [0.15, 0.2) is 53.9 Å². The van der Waals surface area contributed by atoms with E-state index in [0.29, 0.717) is 0 Å². The summed E-state index contributed by atoms with van der Waals surface area (Å²) in [4.78, 5) is 1.41. The van der Waals surface area contributed by atoms with Crippen LogP contribution in [0.5, 0.6) is 0 Å². The first-order chi connectivity index (χ1) is 9.88. The van der Waals surface area contributed by atoms with Crippen molar-refractivity contribution in [3.8, 4) is 21.6 Å². The van der Waals surface area contributed by atoms with E-state index in [4.69, 9.17) is 0 Å². The zero-order valence-electron chi connectivity index (χ0n) is 11.5. The molecule has 1 aliphatic carbocycles. The van der Waals surface area contributed by atoms with Gasteiger partial charge in [0.2, 0.25) is 0 Å². The molecule has 20 heavy (non-hydrogen) atoms. The molecule has 4 rings (SSSR count). The number of aryl methyl sites for hydroxylation is 1. The molecule has 1 aliphatic rings. The second-order valence-electron chi connectivity index (χ2n) is 5.29. The summed E-state index contributed by atoms with van der Waals surface area (Å²) in [6.07, 6.45) is 2.17. The largest absolute Gasteiger partial charge is 0.144 e. The molecule has 3 aromatic rings. The average Bonchev–Trinajstić information content (AvgIpc) is 3.13. The van der Waals surface area contributed by atoms with Crippen LogP contribution in [0.1, 0.15) is 23.6 Å². The van der Waals surface area contributed by atoms with Gasteiger partial charge in [0.15, 0.2) is 0 Å². The monoisotopic (exact) mass is 276 g/mol. The minimum absolute atomic E-state index is 1.08. The fourth-order valence-corrected chi connectivity index (χ4v) is 4.12. The molecule has 0 atom stereocenters. The van der Waals surface area contributed by atoms with Crippen LogP contribution in [0.2, 0.25) is 0 Å². The maximum atomic E-state index is 2.32. The Morgan fingerprint density at radius 2 is 1.85 bits per heavy atom. The average molecular weight is 276 g/mol. The molecule has 0 unspecified atom stereocenters. The summed E-state index contributed by atoms with van der Waals surface area (Å²) in [5.41, 5.74) is 8.79. The zero-order chi connectivity index (χ0) is 13.5. The van der Waals surface area contributed by atoms with Gasteiger partial charge in [0.05, 0.1) is 0 Å². The number of hydrogen-bond donors (Lipinski definition) is 0. The Bertz CT molecular complexity index is 766.